The number of carboxylic acid groups (broad SMARTS) is 3. The lowest BCUT2D eigenvalue weighted by molar-refractivity contribution is -0.146. The van der Waals surface area contributed by atoms with Gasteiger partial charge in [0.1, 0.15) is 66.5 Å². The van der Waals surface area contributed by atoms with Gasteiger partial charge in [-0.15, -0.1) is 0 Å². The maximum Gasteiger partial charge on any atom is 0.326 e. The molecule has 3 heterocycles. The molecule has 0 saturated carbocycles. The molecule has 3 saturated heterocycles. The number of carbonyl (C=O) groups is 17. The fourth-order valence-electron chi connectivity index (χ4n) is 11.2. The second-order valence-corrected chi connectivity index (χ2v) is 25.4. The number of aliphatic hydroxyl groups excluding tert-OH is 1. The first-order valence-electron chi connectivity index (χ1n) is 33.7. The smallest absolute Gasteiger partial charge is 0.326 e. The minimum absolute atomic E-state index is 0.0103. The largest absolute Gasteiger partial charge is 0.481 e. The molecule has 12 atom stereocenters. The van der Waals surface area contributed by atoms with E-state index in [1.54, 1.807) is 0 Å². The average Bonchev–Trinajstić information content (AvgIpc) is 1.74. The Bertz CT molecular complexity index is 3130. The summed E-state index contributed by atoms with van der Waals surface area (Å²) in [6.07, 6.45) is 0.122. The van der Waals surface area contributed by atoms with Crippen LogP contribution in [0.2, 0.25) is 0 Å². The molecule has 3 aliphatic rings. The van der Waals surface area contributed by atoms with Gasteiger partial charge >= 0.3 is 17.9 Å². The number of rotatable bonds is 43. The number of nitrogens with two attached hydrogens (primary N) is 5. The predicted octanol–water partition coefficient (Wildman–Crippen LogP) is -9.47. The third kappa shape index (κ3) is 29.9. The van der Waals surface area contributed by atoms with Crippen molar-refractivity contribution in [2.75, 3.05) is 59.0 Å². The Kier molecular flexibility index (Phi) is 36.4. The maximum absolute atomic E-state index is 14.5. The predicted molar refractivity (Wildman–Crippen MR) is 361 cm³/mol. The minimum Gasteiger partial charge on any atom is -0.481 e. The molecule has 14 amide bonds. The van der Waals surface area contributed by atoms with Crippen LogP contribution in [0.15, 0.2) is 9.98 Å². The van der Waals surface area contributed by atoms with E-state index in [1.165, 1.54) is 30.6 Å². The van der Waals surface area contributed by atoms with Gasteiger partial charge in [-0.1, -0.05) is 13.8 Å². The Morgan fingerprint density at radius 2 is 0.864 bits per heavy atom. The first kappa shape index (κ1) is 86.7. The van der Waals surface area contributed by atoms with Crippen LogP contribution in [0.3, 0.4) is 0 Å². The normalized spacial score (nSPS) is 18.0. The average molecular weight is 1460 g/mol. The van der Waals surface area contributed by atoms with E-state index in [2.05, 4.69) is 68.5 Å². The van der Waals surface area contributed by atoms with Crippen LogP contribution in [0.1, 0.15) is 131 Å². The molecular weight excluding hydrogens is 1360 g/mol. The summed E-state index contributed by atoms with van der Waals surface area (Å²) in [6.45, 7) is 4.57. The number of aliphatic imine (C=N–C) groups is 2. The Balaban J connectivity index is 1.60. The van der Waals surface area contributed by atoms with E-state index >= 15 is 0 Å². The summed E-state index contributed by atoms with van der Waals surface area (Å²) in [5.74, 6) is -16.5. The fourth-order valence-corrected chi connectivity index (χ4v) is 11.2. The highest BCUT2D eigenvalue weighted by atomic mass is 16.4. The van der Waals surface area contributed by atoms with Crippen molar-refractivity contribution in [2.24, 2.45) is 44.6 Å². The molecule has 103 heavy (non-hydrogen) atoms. The summed E-state index contributed by atoms with van der Waals surface area (Å²) in [6, 6.07) is -16.1. The zero-order valence-corrected chi connectivity index (χ0v) is 58.3. The highest BCUT2D eigenvalue weighted by Crippen LogP contribution is 2.24. The van der Waals surface area contributed by atoms with Crippen LogP contribution < -0.4 is 87.2 Å². The number of carboxylic acids is 3. The first-order valence-corrected chi connectivity index (χ1v) is 33.7. The van der Waals surface area contributed by atoms with E-state index in [-0.39, 0.29) is 115 Å². The number of aliphatic hydroxyl groups is 1. The minimum atomic E-state index is -1.81. The van der Waals surface area contributed by atoms with E-state index in [9.17, 15) is 96.8 Å². The van der Waals surface area contributed by atoms with Crippen molar-refractivity contribution in [1.29, 1.82) is 0 Å². The van der Waals surface area contributed by atoms with E-state index in [4.69, 9.17) is 33.8 Å². The summed E-state index contributed by atoms with van der Waals surface area (Å²) in [4.78, 5) is 234. The second-order valence-electron chi connectivity index (χ2n) is 25.4. The van der Waals surface area contributed by atoms with Gasteiger partial charge in [-0.2, -0.15) is 0 Å². The summed E-state index contributed by atoms with van der Waals surface area (Å²) in [5, 5.41) is 64.3. The molecule has 0 aromatic carbocycles. The van der Waals surface area contributed by atoms with Crippen LogP contribution in [0, 0.1) is 5.92 Å². The number of likely N-dealkylation sites (tertiary alicyclic amines) is 3. The van der Waals surface area contributed by atoms with Gasteiger partial charge in [0.15, 0.2) is 11.9 Å². The van der Waals surface area contributed by atoms with E-state index in [1.807, 2.05) is 13.8 Å². The molecule has 0 radical (unpaired) electrons. The lowest BCUT2D eigenvalue weighted by Gasteiger charge is -2.32. The number of carbonyl (C=O) groups excluding carboxylic acids is 14. The van der Waals surface area contributed by atoms with Crippen molar-refractivity contribution in [3.63, 3.8) is 0 Å². The molecule has 0 spiro atoms. The number of amides is 14. The third-order valence-electron chi connectivity index (χ3n) is 16.7. The molecule has 25 N–H and O–H groups in total. The molecule has 0 aliphatic carbocycles. The summed E-state index contributed by atoms with van der Waals surface area (Å²) in [5.41, 5.74) is 27.4. The van der Waals surface area contributed by atoms with E-state index < -0.39 is 212 Å². The Morgan fingerprint density at radius 3 is 1.38 bits per heavy atom. The van der Waals surface area contributed by atoms with Crippen molar-refractivity contribution in [1.82, 2.24) is 73.2 Å². The number of hydrogen-bond donors (Lipinski definition) is 20. The van der Waals surface area contributed by atoms with Crippen molar-refractivity contribution < 1.29 is 102 Å². The first-order chi connectivity index (χ1) is 48.4. The highest BCUT2D eigenvalue weighted by molar-refractivity contribution is 6.00. The van der Waals surface area contributed by atoms with Crippen molar-refractivity contribution in [2.45, 2.75) is 203 Å². The second kappa shape index (κ2) is 43.3. The van der Waals surface area contributed by atoms with Gasteiger partial charge in [-0.25, -0.2) is 4.79 Å². The molecule has 0 aromatic heterocycles. The van der Waals surface area contributed by atoms with Gasteiger partial charge in [-0.3, -0.25) is 86.7 Å². The maximum atomic E-state index is 14.5. The standard InChI is InChI=1S/C61H101N21O21/c1-30(2)25-38(58(101)82-24-10-14-41(82)55(98)77-37(59(102)103)12-7-21-68-61(65)66)78-56(99)42-15-9-23-81(42)57(100)36(11-6-20-67-60(63)64)76-49(92)32(4)73-48(91)31(3)72-44(85)27-71-52(95)35(17-19-47(89)90)75-53(96)39(29-83)79-50(93)33(5)74-54(97)40-13-8-22-80(40)45(86)28-69-43(84)26-70-51(94)34(62)16-18-46(87)88/h30-42,83H,6-29,62H2,1-5H3,(H,69,84)(H,70,94)(H,71,95)(H,72,85)(H,73,91)(H,74,97)(H,75,96)(H,76,92)(H,77,98)(H,78,99)(H,79,93)(H,87,88)(H,89,90)(H,102,103)(H4,63,64,67)(H4,65,66,68)/t31-,32-,33-,34-,35-,36-,37-,38-,39-,40-,41-,42-/m0/s1. The van der Waals surface area contributed by atoms with Crippen LogP contribution >= 0.6 is 0 Å². The van der Waals surface area contributed by atoms with Crippen LogP contribution in [-0.2, 0) is 81.5 Å². The van der Waals surface area contributed by atoms with Crippen molar-refractivity contribution in [3.8, 4) is 0 Å². The molecule has 576 valence electrons. The van der Waals surface area contributed by atoms with Gasteiger partial charge in [-0.05, 0) is 110 Å². The topological polar surface area (TPSA) is 668 Å². The molecule has 3 fully saturated rings. The molecule has 0 aromatic rings. The summed E-state index contributed by atoms with van der Waals surface area (Å²) >= 11 is 0. The number of nitrogens with one attached hydrogen (secondary N) is 11. The SMILES string of the molecule is CC(C)C[C@H](NC(=O)[C@@H]1CCCN1C(=O)[C@H](CCCN=C(N)N)NC(=O)[C@H](C)NC(=O)[C@H](C)NC(=O)CNC(=O)[C@H](CCC(=O)O)NC(=O)[C@H](CO)NC(=O)[C@H](C)NC(=O)[C@@H]1CCCN1C(=O)CNC(=O)CNC(=O)[C@@H](N)CCC(=O)O)C(=O)N1CCC[C@H]1C(=O)N[C@@H](CCCN=C(N)N)C(=O)O. The summed E-state index contributed by atoms with van der Waals surface area (Å²) < 4.78 is 0. The van der Waals surface area contributed by atoms with E-state index in [0.29, 0.717) is 19.3 Å². The Labute approximate surface area is 592 Å². The Morgan fingerprint density at radius 1 is 0.437 bits per heavy atom. The summed E-state index contributed by atoms with van der Waals surface area (Å²) in [7, 11) is 0. The Hall–Kier alpha value is -10.5. The fraction of sp³-hybridized carbons (Fsp3) is 0.689. The van der Waals surface area contributed by atoms with Gasteiger partial charge in [0.2, 0.25) is 82.7 Å². The molecule has 0 unspecified atom stereocenters. The lowest BCUT2D eigenvalue weighted by Crippen LogP contribution is -2.59. The lowest BCUT2D eigenvalue weighted by atomic mass is 10.0. The van der Waals surface area contributed by atoms with E-state index in [0.717, 1.165) is 4.90 Å². The third-order valence-corrected chi connectivity index (χ3v) is 16.7. The molecule has 0 bridgehead atoms. The number of nitrogens with zero attached hydrogens (tertiary/aromatic N) is 5. The van der Waals surface area contributed by atoms with Gasteiger partial charge < -0.3 is 122 Å². The van der Waals surface area contributed by atoms with Gasteiger partial charge in [0, 0.05) is 45.6 Å². The van der Waals surface area contributed by atoms with Crippen LogP contribution in [0.5, 0.6) is 0 Å². The molecular formula is C61H101N21O21. The molecule has 3 aliphatic heterocycles. The number of aliphatic carboxylic acids is 3. The van der Waals surface area contributed by atoms with Gasteiger partial charge in [0.25, 0.3) is 0 Å². The van der Waals surface area contributed by atoms with Gasteiger partial charge in [0.05, 0.1) is 32.3 Å². The number of guanidine groups is 2. The zero-order chi connectivity index (χ0) is 77.4. The highest BCUT2D eigenvalue weighted by Gasteiger charge is 2.43. The van der Waals surface area contributed by atoms with Crippen LogP contribution in [-0.4, -0.2) is 279 Å². The van der Waals surface area contributed by atoms with Crippen LogP contribution in [0.25, 0.3) is 0 Å². The molecule has 42 heteroatoms. The number of hydrogen-bond acceptors (Lipinski definition) is 21. The van der Waals surface area contributed by atoms with Crippen LogP contribution in [0.4, 0.5) is 0 Å². The van der Waals surface area contributed by atoms with Crippen molar-refractivity contribution >= 4 is 113 Å². The zero-order valence-electron chi connectivity index (χ0n) is 58.3. The van der Waals surface area contributed by atoms with Crippen molar-refractivity contribution in [3.05, 3.63) is 0 Å². The monoisotopic (exact) mass is 1460 g/mol. The quantitative estimate of drug-likeness (QED) is 0.0153. The molecule has 3 rings (SSSR count). The molecule has 42 nitrogen and oxygen atoms in total.